The van der Waals surface area contributed by atoms with Crippen molar-refractivity contribution in [3.63, 3.8) is 0 Å². The van der Waals surface area contributed by atoms with Crippen LogP contribution in [0.25, 0.3) is 0 Å². The molecule has 0 aliphatic rings. The molecular formula is C56H74N16. The Morgan fingerprint density at radius 1 is 0.222 bits per heavy atom. The van der Waals surface area contributed by atoms with Gasteiger partial charge in [-0.1, -0.05) is 18.2 Å². The molecule has 0 bridgehead atoms. The summed E-state index contributed by atoms with van der Waals surface area (Å²) in [5.74, 6) is 4.06. The van der Waals surface area contributed by atoms with Crippen molar-refractivity contribution in [2.45, 2.75) is 125 Å². The molecule has 378 valence electrons. The van der Waals surface area contributed by atoms with Crippen LogP contribution < -0.4 is 0 Å². The molecule has 0 aliphatic heterocycles. The number of aryl methyl sites for hydroxylation is 18. The monoisotopic (exact) mass is 971 g/mol. The van der Waals surface area contributed by atoms with Crippen molar-refractivity contribution >= 4 is 0 Å². The largest absolute Gasteiger partial charge is 0.261 e. The second-order valence-corrected chi connectivity index (χ2v) is 16.4. The minimum Gasteiger partial charge on any atom is -0.261 e. The molecule has 0 saturated heterocycles. The van der Waals surface area contributed by atoms with Crippen LogP contribution >= 0.6 is 0 Å². The maximum Gasteiger partial charge on any atom is 0.129 e. The van der Waals surface area contributed by atoms with Crippen molar-refractivity contribution in [3.05, 3.63) is 226 Å². The second-order valence-electron chi connectivity index (χ2n) is 16.4. The highest BCUT2D eigenvalue weighted by atomic mass is 15.0. The predicted molar refractivity (Wildman–Crippen MR) is 288 cm³/mol. The Balaban J connectivity index is 0.000000405. The Morgan fingerprint density at radius 2 is 0.583 bits per heavy atom. The van der Waals surface area contributed by atoms with E-state index in [0.717, 1.165) is 91.6 Å². The van der Waals surface area contributed by atoms with Gasteiger partial charge in [-0.3, -0.25) is 34.9 Å². The van der Waals surface area contributed by atoms with Gasteiger partial charge in [-0.2, -0.15) is 0 Å². The molecule has 0 spiro atoms. The van der Waals surface area contributed by atoms with Gasteiger partial charge in [-0.15, -0.1) is 0 Å². The first-order chi connectivity index (χ1) is 34.1. The van der Waals surface area contributed by atoms with Gasteiger partial charge in [-0.05, 0) is 178 Å². The zero-order chi connectivity index (χ0) is 53.8. The molecule has 0 unspecified atom stereocenters. The molecule has 0 aliphatic carbocycles. The van der Waals surface area contributed by atoms with Crippen LogP contribution in [-0.2, 0) is 0 Å². The van der Waals surface area contributed by atoms with Gasteiger partial charge in [0.25, 0.3) is 0 Å². The highest BCUT2D eigenvalue weighted by Crippen LogP contribution is 1.97. The molecule has 16 heteroatoms. The van der Waals surface area contributed by atoms with Gasteiger partial charge in [0, 0.05) is 96.1 Å². The van der Waals surface area contributed by atoms with Gasteiger partial charge in [0.05, 0.1) is 22.8 Å². The van der Waals surface area contributed by atoms with E-state index < -0.39 is 0 Å². The third-order valence-electron chi connectivity index (χ3n) is 8.48. The highest BCUT2D eigenvalue weighted by Gasteiger charge is 1.89. The summed E-state index contributed by atoms with van der Waals surface area (Å²) < 4.78 is 0. The van der Waals surface area contributed by atoms with Crippen molar-refractivity contribution in [1.82, 2.24) is 79.7 Å². The molecule has 0 fully saturated rings. The summed E-state index contributed by atoms with van der Waals surface area (Å²) in [5, 5.41) is 0. The third kappa shape index (κ3) is 34.2. The van der Waals surface area contributed by atoms with Crippen molar-refractivity contribution in [3.8, 4) is 0 Å². The standard InChI is InChI=1S/3C7H9N.5C6H8N2.C5H7N3/c2*1-6-3-4-7(2)8-5-6;1-6-4-3-5-7(2)8-6;1-5-3-8-6(2)4-7-5;1-5-3-7-4-6(2)8-5;1-5-3-7-6(2)8-4-5;2*1-5-3-4-7-6(2)8-5;1-4-6-3-7-5(2)8-4/h3*3-5H,1-2H3;5*3-4H,1-2H3;3H,1-2H3. The molecule has 0 N–H and O–H groups in total. The fourth-order valence-electron chi connectivity index (χ4n) is 4.90. The first-order valence-corrected chi connectivity index (χ1v) is 23.2. The first-order valence-electron chi connectivity index (χ1n) is 23.2. The molecule has 9 heterocycles. The van der Waals surface area contributed by atoms with E-state index in [1.165, 1.54) is 17.5 Å². The minimum atomic E-state index is 0.775. The molecule has 16 nitrogen and oxygen atoms in total. The average Bonchev–Trinajstić information content (AvgIpc) is 3.32. The van der Waals surface area contributed by atoms with E-state index in [-0.39, 0.29) is 0 Å². The number of hydrogen-bond acceptors (Lipinski definition) is 16. The molecule has 9 rings (SSSR count). The second kappa shape index (κ2) is 35.9. The van der Waals surface area contributed by atoms with E-state index in [4.69, 9.17) is 0 Å². The number of nitrogens with zero attached hydrogens (tertiary/aromatic N) is 16. The van der Waals surface area contributed by atoms with Crippen LogP contribution in [0.5, 0.6) is 0 Å². The molecule has 0 radical (unpaired) electrons. The van der Waals surface area contributed by atoms with E-state index in [9.17, 15) is 0 Å². The average molecular weight is 971 g/mol. The van der Waals surface area contributed by atoms with Gasteiger partial charge in [0.15, 0.2) is 0 Å². The van der Waals surface area contributed by atoms with Gasteiger partial charge >= 0.3 is 0 Å². The fourth-order valence-corrected chi connectivity index (χ4v) is 4.90. The summed E-state index contributed by atoms with van der Waals surface area (Å²) in [6.45, 7) is 34.9. The number of rotatable bonds is 0. The molecule has 72 heavy (non-hydrogen) atoms. The van der Waals surface area contributed by atoms with Crippen LogP contribution in [0.1, 0.15) is 103 Å². The van der Waals surface area contributed by atoms with Crippen LogP contribution in [0.3, 0.4) is 0 Å². The van der Waals surface area contributed by atoms with Gasteiger partial charge in [0.2, 0.25) is 0 Å². The molecule has 9 aromatic heterocycles. The number of pyridine rings is 3. The van der Waals surface area contributed by atoms with Crippen LogP contribution in [0, 0.1) is 125 Å². The maximum absolute atomic E-state index is 4.17. The smallest absolute Gasteiger partial charge is 0.129 e. The predicted octanol–water partition coefficient (Wildman–Crippen LogP) is 11.1. The van der Waals surface area contributed by atoms with Crippen molar-refractivity contribution in [1.29, 1.82) is 0 Å². The zero-order valence-electron chi connectivity index (χ0n) is 45.7. The van der Waals surface area contributed by atoms with Crippen molar-refractivity contribution < 1.29 is 0 Å². The normalized spacial score (nSPS) is 9.25. The first kappa shape index (κ1) is 61.9. The Labute approximate surface area is 428 Å². The summed E-state index contributed by atoms with van der Waals surface area (Å²) in [7, 11) is 0. The zero-order valence-corrected chi connectivity index (χ0v) is 45.7. The summed E-state index contributed by atoms with van der Waals surface area (Å²) >= 11 is 0. The van der Waals surface area contributed by atoms with Gasteiger partial charge in [-0.25, -0.2) is 44.9 Å². The molecule has 0 amide bonds. The van der Waals surface area contributed by atoms with Crippen molar-refractivity contribution in [2.75, 3.05) is 0 Å². The SMILES string of the molecule is Cc1ccc(C)nc1.Cc1ccc(C)nc1.Cc1cccc(C)n1.Cc1ccnc(C)n1.Cc1ccnc(C)n1.Cc1cnc(C)cn1.Cc1cnc(C)nc1.Cc1cncc(C)n1.Cc1ncnc(C)n1. The number of hydrogen-bond donors (Lipinski definition) is 0. The van der Waals surface area contributed by atoms with Gasteiger partial charge < -0.3 is 0 Å². The lowest BCUT2D eigenvalue weighted by atomic mass is 10.3. The molecule has 0 aromatic carbocycles. The molecular weight excluding hydrogens is 897 g/mol. The van der Waals surface area contributed by atoms with Gasteiger partial charge in [0.1, 0.15) is 35.4 Å². The molecule has 0 atom stereocenters. The van der Waals surface area contributed by atoms with Crippen LogP contribution in [0.4, 0.5) is 0 Å². The maximum atomic E-state index is 4.17. The summed E-state index contributed by atoms with van der Waals surface area (Å²) in [6, 6.07) is 17.9. The summed E-state index contributed by atoms with van der Waals surface area (Å²) in [6.07, 6.45) is 19.4. The van der Waals surface area contributed by atoms with E-state index in [2.05, 4.69) is 91.9 Å². The van der Waals surface area contributed by atoms with E-state index in [1.54, 1.807) is 37.2 Å². The topological polar surface area (TPSA) is 206 Å². The third-order valence-corrected chi connectivity index (χ3v) is 8.48. The minimum absolute atomic E-state index is 0.775. The lowest BCUT2D eigenvalue weighted by Gasteiger charge is -1.90. The van der Waals surface area contributed by atoms with E-state index in [0.29, 0.717) is 0 Å². The van der Waals surface area contributed by atoms with Crippen LogP contribution in [0.15, 0.2) is 123 Å². The van der Waals surface area contributed by atoms with Crippen LogP contribution in [-0.4, -0.2) is 79.7 Å². The summed E-state index contributed by atoms with van der Waals surface area (Å²) in [4.78, 5) is 63.9. The Morgan fingerprint density at radius 3 is 0.819 bits per heavy atom. The molecule has 0 saturated carbocycles. The van der Waals surface area contributed by atoms with Crippen LogP contribution in [0.2, 0.25) is 0 Å². The molecule has 9 aromatic rings. The quantitative estimate of drug-likeness (QED) is 0.138. The Kier molecular flexibility index (Phi) is 30.8. The van der Waals surface area contributed by atoms with E-state index in [1.807, 2.05) is 192 Å². The lowest BCUT2D eigenvalue weighted by molar-refractivity contribution is 0.920. The Hall–Kier alpha value is -8.14. The Bertz CT molecular complexity index is 2220. The fraction of sp³-hybridized carbons (Fsp3) is 0.321. The summed E-state index contributed by atoms with van der Waals surface area (Å²) in [5.41, 5.74) is 13.8. The van der Waals surface area contributed by atoms with Crippen molar-refractivity contribution in [2.24, 2.45) is 0 Å². The number of aromatic nitrogens is 16. The van der Waals surface area contributed by atoms with E-state index >= 15 is 0 Å². The highest BCUT2D eigenvalue weighted by molar-refractivity contribution is 5.12. The lowest BCUT2D eigenvalue weighted by Crippen LogP contribution is -1.91.